The number of thiocarbonyl (C=S) groups is 1. The van der Waals surface area contributed by atoms with E-state index in [2.05, 4.69) is 41.8 Å². The Bertz CT molecular complexity index is 787. The largest absolute Gasteiger partial charge is 0.379 e. The Hall–Kier alpha value is -1.74. The van der Waals surface area contributed by atoms with E-state index in [0.717, 1.165) is 12.8 Å². The minimum atomic E-state index is 0.246. The molecule has 0 amide bonds. The van der Waals surface area contributed by atoms with Crippen LogP contribution in [-0.2, 0) is 49.1 Å². The molecule has 0 aliphatic carbocycles. The molecule has 0 radical (unpaired) electrons. The molecular weight excluding hydrogens is 576 g/mol. The standard InChI is InChI=1S/C31H54N2O9S/c1-28-6-8-29(9-7-28)4-3-5-30(34)10-12-35-14-16-37-18-20-39-22-24-41-26-27-42-25-23-40-21-19-38-17-15-36-13-11-33-31(43)32-2/h6-9H,3-5,10-27H2,1-2H3,(H2,32,33,43). The summed E-state index contributed by atoms with van der Waals surface area (Å²) in [5, 5.41) is 6.45. The maximum absolute atomic E-state index is 12.0. The molecule has 248 valence electrons. The zero-order valence-corrected chi connectivity index (χ0v) is 27.1. The quantitative estimate of drug-likeness (QED) is 0.0928. The normalized spacial score (nSPS) is 11.1. The molecule has 0 heterocycles. The minimum absolute atomic E-state index is 0.246. The van der Waals surface area contributed by atoms with Gasteiger partial charge in [0.25, 0.3) is 0 Å². The van der Waals surface area contributed by atoms with Gasteiger partial charge in [0.05, 0.1) is 106 Å². The van der Waals surface area contributed by atoms with Crippen LogP contribution >= 0.6 is 12.2 Å². The first kappa shape index (κ1) is 39.3. The van der Waals surface area contributed by atoms with Gasteiger partial charge in [-0.1, -0.05) is 29.8 Å². The molecule has 0 saturated carbocycles. The molecule has 0 bridgehead atoms. The number of nitrogens with one attached hydrogen (secondary N) is 2. The molecule has 0 spiro atoms. The van der Waals surface area contributed by atoms with E-state index in [1.807, 2.05) is 0 Å². The number of carbonyl (C=O) groups is 1. The second-order valence-electron chi connectivity index (χ2n) is 9.53. The molecule has 11 nitrogen and oxygen atoms in total. The average Bonchev–Trinajstić information content (AvgIpc) is 3.01. The fourth-order valence-corrected chi connectivity index (χ4v) is 3.62. The molecule has 0 unspecified atom stereocenters. The van der Waals surface area contributed by atoms with Gasteiger partial charge >= 0.3 is 0 Å². The zero-order chi connectivity index (χ0) is 31.1. The maximum Gasteiger partial charge on any atom is 0.166 e. The topological polar surface area (TPSA) is 115 Å². The first-order valence-electron chi connectivity index (χ1n) is 15.3. The van der Waals surface area contributed by atoms with Crippen molar-refractivity contribution < 1.29 is 42.7 Å². The lowest BCUT2D eigenvalue weighted by Crippen LogP contribution is -2.34. The van der Waals surface area contributed by atoms with Gasteiger partial charge in [-0.3, -0.25) is 4.79 Å². The van der Waals surface area contributed by atoms with Crippen LogP contribution in [0.15, 0.2) is 24.3 Å². The van der Waals surface area contributed by atoms with Crippen LogP contribution in [0.25, 0.3) is 0 Å². The predicted molar refractivity (Wildman–Crippen MR) is 170 cm³/mol. The second-order valence-corrected chi connectivity index (χ2v) is 9.94. The van der Waals surface area contributed by atoms with Crippen LogP contribution in [0.4, 0.5) is 0 Å². The second kappa shape index (κ2) is 30.3. The van der Waals surface area contributed by atoms with Crippen molar-refractivity contribution in [3.8, 4) is 0 Å². The first-order chi connectivity index (χ1) is 21.1. The van der Waals surface area contributed by atoms with Crippen molar-refractivity contribution in [1.29, 1.82) is 0 Å². The fraction of sp³-hybridized carbons (Fsp3) is 0.742. The summed E-state index contributed by atoms with van der Waals surface area (Å²) in [6, 6.07) is 8.47. The van der Waals surface area contributed by atoms with Gasteiger partial charge in [0.1, 0.15) is 5.78 Å². The van der Waals surface area contributed by atoms with Crippen molar-refractivity contribution in [3.05, 3.63) is 35.4 Å². The number of rotatable bonds is 31. The van der Waals surface area contributed by atoms with E-state index in [-0.39, 0.29) is 5.78 Å². The molecular formula is C31H54N2O9S. The molecule has 0 aliphatic rings. The van der Waals surface area contributed by atoms with Crippen molar-refractivity contribution in [3.63, 3.8) is 0 Å². The van der Waals surface area contributed by atoms with Crippen LogP contribution in [0.3, 0.4) is 0 Å². The Morgan fingerprint density at radius 1 is 0.605 bits per heavy atom. The number of aryl methyl sites for hydroxylation is 2. The smallest absolute Gasteiger partial charge is 0.166 e. The molecule has 43 heavy (non-hydrogen) atoms. The first-order valence-corrected chi connectivity index (χ1v) is 15.7. The number of ketones is 1. The SMILES string of the molecule is CNC(=S)NCCOCCOCCOCCOCCOCCOCCOCCOCCC(=O)CCCc1ccc(C)cc1. The van der Waals surface area contributed by atoms with E-state index in [1.165, 1.54) is 11.1 Å². The van der Waals surface area contributed by atoms with Crippen molar-refractivity contribution in [1.82, 2.24) is 10.6 Å². The van der Waals surface area contributed by atoms with Crippen molar-refractivity contribution in [2.75, 3.05) is 119 Å². The Labute approximate surface area is 263 Å². The summed E-state index contributed by atoms with van der Waals surface area (Å²) in [4.78, 5) is 12.0. The molecule has 0 aromatic heterocycles. The van der Waals surface area contributed by atoms with E-state index in [1.54, 1.807) is 7.05 Å². The van der Waals surface area contributed by atoms with Gasteiger partial charge in [-0.25, -0.2) is 0 Å². The molecule has 1 aromatic carbocycles. The van der Waals surface area contributed by atoms with Crippen LogP contribution in [-0.4, -0.2) is 130 Å². The molecule has 0 saturated heterocycles. The van der Waals surface area contributed by atoms with Crippen molar-refractivity contribution >= 4 is 23.1 Å². The lowest BCUT2D eigenvalue weighted by Gasteiger charge is -2.09. The van der Waals surface area contributed by atoms with Gasteiger partial charge < -0.3 is 48.5 Å². The minimum Gasteiger partial charge on any atom is -0.379 e. The lowest BCUT2D eigenvalue weighted by atomic mass is 10.0. The van der Waals surface area contributed by atoms with E-state index < -0.39 is 0 Å². The third-order valence-electron chi connectivity index (χ3n) is 5.93. The zero-order valence-electron chi connectivity index (χ0n) is 26.2. The summed E-state index contributed by atoms with van der Waals surface area (Å²) >= 11 is 4.97. The third-order valence-corrected chi connectivity index (χ3v) is 6.28. The summed E-state index contributed by atoms with van der Waals surface area (Å²) in [7, 11) is 1.77. The van der Waals surface area contributed by atoms with Crippen LogP contribution in [0.5, 0.6) is 0 Å². The Balaban J connectivity index is 1.68. The van der Waals surface area contributed by atoms with Gasteiger partial charge in [-0.15, -0.1) is 0 Å². The number of hydrogen-bond donors (Lipinski definition) is 2. The molecule has 12 heteroatoms. The van der Waals surface area contributed by atoms with E-state index >= 15 is 0 Å². The number of Topliss-reactive ketones (excluding diaryl/α,β-unsaturated/α-hetero) is 1. The molecule has 0 aliphatic heterocycles. The lowest BCUT2D eigenvalue weighted by molar-refractivity contribution is -0.120. The Kier molecular flexibility index (Phi) is 27.7. The highest BCUT2D eigenvalue weighted by Gasteiger charge is 2.03. The fourth-order valence-electron chi connectivity index (χ4n) is 3.52. The highest BCUT2D eigenvalue weighted by Crippen LogP contribution is 2.08. The van der Waals surface area contributed by atoms with E-state index in [4.69, 9.17) is 50.1 Å². The monoisotopic (exact) mass is 630 g/mol. The number of benzene rings is 1. The van der Waals surface area contributed by atoms with Gasteiger partial charge in [-0.05, 0) is 37.5 Å². The maximum atomic E-state index is 12.0. The van der Waals surface area contributed by atoms with Crippen LogP contribution < -0.4 is 10.6 Å². The average molecular weight is 631 g/mol. The van der Waals surface area contributed by atoms with Gasteiger partial charge in [0, 0.05) is 26.4 Å². The van der Waals surface area contributed by atoms with E-state index in [0.29, 0.717) is 130 Å². The molecule has 0 atom stereocenters. The summed E-state index contributed by atoms with van der Waals surface area (Å²) < 4.78 is 43.7. The van der Waals surface area contributed by atoms with Crippen LogP contribution in [0.2, 0.25) is 0 Å². The van der Waals surface area contributed by atoms with Crippen molar-refractivity contribution in [2.24, 2.45) is 0 Å². The summed E-state index contributed by atoms with van der Waals surface area (Å²) in [6.07, 6.45) is 2.86. The van der Waals surface area contributed by atoms with Gasteiger partial charge in [0.2, 0.25) is 0 Å². The van der Waals surface area contributed by atoms with Crippen molar-refractivity contribution in [2.45, 2.75) is 32.6 Å². The third kappa shape index (κ3) is 27.5. The van der Waals surface area contributed by atoms with E-state index in [9.17, 15) is 4.79 Å². The predicted octanol–water partition coefficient (Wildman–Crippen LogP) is 2.50. The summed E-state index contributed by atoms with van der Waals surface area (Å²) in [5.74, 6) is 0.246. The Morgan fingerprint density at radius 2 is 1.00 bits per heavy atom. The summed E-state index contributed by atoms with van der Waals surface area (Å²) in [5.41, 5.74) is 2.53. The highest BCUT2D eigenvalue weighted by molar-refractivity contribution is 7.80. The van der Waals surface area contributed by atoms with Gasteiger partial charge in [0.15, 0.2) is 5.11 Å². The summed E-state index contributed by atoms with van der Waals surface area (Å²) in [6.45, 7) is 10.8. The van der Waals surface area contributed by atoms with Crippen LogP contribution in [0.1, 0.15) is 30.4 Å². The molecule has 0 fully saturated rings. The van der Waals surface area contributed by atoms with Crippen LogP contribution in [0, 0.1) is 6.92 Å². The number of ether oxygens (including phenoxy) is 8. The number of carbonyl (C=O) groups excluding carboxylic acids is 1. The number of hydrogen-bond acceptors (Lipinski definition) is 10. The highest BCUT2D eigenvalue weighted by atomic mass is 32.1. The Morgan fingerprint density at radius 3 is 1.42 bits per heavy atom. The molecule has 2 N–H and O–H groups in total. The molecule has 1 rings (SSSR count). The molecule has 1 aromatic rings. The van der Waals surface area contributed by atoms with Gasteiger partial charge in [-0.2, -0.15) is 0 Å².